The van der Waals surface area contributed by atoms with E-state index in [9.17, 15) is 4.79 Å². The second kappa shape index (κ2) is 12.5. The smallest absolute Gasteiger partial charge is 0.258 e. The van der Waals surface area contributed by atoms with Crippen LogP contribution in [0.4, 0.5) is 0 Å². The standard InChI is InChI=1S/C26H34ClN3O2/c1-3-4-5-6-7-8-11-18-30-24-13-10-9-12-23(24)29-26(30)20(2)28-25(31)19-32-22-16-14-21(27)15-17-22/h9-10,12-17,20H,3-8,11,18-19H2,1-2H3,(H,28,31). The maximum absolute atomic E-state index is 12.5. The van der Waals surface area contributed by atoms with Crippen molar-refractivity contribution in [3.8, 4) is 5.75 Å². The summed E-state index contributed by atoms with van der Waals surface area (Å²) in [4.78, 5) is 17.3. The van der Waals surface area contributed by atoms with E-state index in [2.05, 4.69) is 22.9 Å². The molecule has 32 heavy (non-hydrogen) atoms. The van der Waals surface area contributed by atoms with Crippen molar-refractivity contribution in [2.45, 2.75) is 71.4 Å². The summed E-state index contributed by atoms with van der Waals surface area (Å²) in [5.74, 6) is 1.32. The van der Waals surface area contributed by atoms with Gasteiger partial charge in [-0.15, -0.1) is 0 Å². The van der Waals surface area contributed by atoms with Crippen molar-refractivity contribution in [1.82, 2.24) is 14.9 Å². The van der Waals surface area contributed by atoms with Crippen LogP contribution < -0.4 is 10.1 Å². The summed E-state index contributed by atoms with van der Waals surface area (Å²) < 4.78 is 7.83. The highest BCUT2D eigenvalue weighted by Crippen LogP contribution is 2.22. The van der Waals surface area contributed by atoms with Gasteiger partial charge in [-0.3, -0.25) is 4.79 Å². The Balaban J connectivity index is 1.58. The second-order valence-electron chi connectivity index (χ2n) is 8.26. The quantitative estimate of drug-likeness (QED) is 0.292. The minimum Gasteiger partial charge on any atom is -0.484 e. The van der Waals surface area contributed by atoms with Gasteiger partial charge in [-0.05, 0) is 49.7 Å². The molecule has 1 aromatic heterocycles. The van der Waals surface area contributed by atoms with Crippen molar-refractivity contribution in [3.63, 3.8) is 0 Å². The zero-order valence-corrected chi connectivity index (χ0v) is 19.9. The Kier molecular flexibility index (Phi) is 9.42. The van der Waals surface area contributed by atoms with Crippen molar-refractivity contribution < 1.29 is 9.53 Å². The van der Waals surface area contributed by atoms with Gasteiger partial charge in [-0.25, -0.2) is 4.98 Å². The molecule has 0 fully saturated rings. The summed E-state index contributed by atoms with van der Waals surface area (Å²) in [6.07, 6.45) is 8.85. The van der Waals surface area contributed by atoms with Crippen molar-refractivity contribution in [3.05, 3.63) is 59.4 Å². The van der Waals surface area contributed by atoms with Gasteiger partial charge in [0.05, 0.1) is 17.1 Å². The number of hydrogen-bond acceptors (Lipinski definition) is 3. The Morgan fingerprint density at radius 3 is 2.47 bits per heavy atom. The highest BCUT2D eigenvalue weighted by molar-refractivity contribution is 6.30. The van der Waals surface area contributed by atoms with Gasteiger partial charge >= 0.3 is 0 Å². The summed E-state index contributed by atoms with van der Waals surface area (Å²) in [5.41, 5.74) is 2.08. The van der Waals surface area contributed by atoms with Gasteiger partial charge in [0.15, 0.2) is 6.61 Å². The third-order valence-electron chi connectivity index (χ3n) is 5.62. The Bertz CT molecular complexity index is 984. The second-order valence-corrected chi connectivity index (χ2v) is 8.70. The lowest BCUT2D eigenvalue weighted by Crippen LogP contribution is -2.32. The lowest BCUT2D eigenvalue weighted by Gasteiger charge is -2.17. The molecule has 0 aliphatic carbocycles. The molecule has 1 heterocycles. The molecule has 172 valence electrons. The van der Waals surface area contributed by atoms with Crippen molar-refractivity contribution in [2.24, 2.45) is 0 Å². The number of nitrogens with one attached hydrogen (secondary N) is 1. The fraction of sp³-hybridized carbons (Fsp3) is 0.462. The number of para-hydroxylation sites is 2. The zero-order chi connectivity index (χ0) is 22.8. The first-order chi connectivity index (χ1) is 15.6. The minimum absolute atomic E-state index is 0.0516. The van der Waals surface area contributed by atoms with Gasteiger partial charge in [0.2, 0.25) is 0 Å². The fourth-order valence-electron chi connectivity index (χ4n) is 3.91. The highest BCUT2D eigenvalue weighted by Gasteiger charge is 2.18. The summed E-state index contributed by atoms with van der Waals surface area (Å²) >= 11 is 5.89. The number of ether oxygens (including phenoxy) is 1. The molecule has 1 amide bonds. The molecule has 2 aromatic carbocycles. The number of aromatic nitrogens is 2. The maximum Gasteiger partial charge on any atom is 0.258 e. The van der Waals surface area contributed by atoms with E-state index in [4.69, 9.17) is 21.3 Å². The van der Waals surface area contributed by atoms with Crippen LogP contribution in [0.3, 0.4) is 0 Å². The van der Waals surface area contributed by atoms with Crippen LogP contribution in [0.5, 0.6) is 5.75 Å². The molecule has 1 atom stereocenters. The van der Waals surface area contributed by atoms with E-state index >= 15 is 0 Å². The minimum atomic E-state index is -0.215. The number of hydrogen-bond donors (Lipinski definition) is 1. The van der Waals surface area contributed by atoms with Crippen molar-refractivity contribution in [2.75, 3.05) is 6.61 Å². The van der Waals surface area contributed by atoms with E-state index in [1.807, 2.05) is 25.1 Å². The number of imidazole rings is 1. The van der Waals surface area contributed by atoms with Gasteiger partial charge < -0.3 is 14.6 Å². The molecule has 0 aliphatic rings. The number of carbonyl (C=O) groups excluding carboxylic acids is 1. The maximum atomic E-state index is 12.5. The molecule has 0 radical (unpaired) electrons. The predicted octanol–water partition coefficient (Wildman–Crippen LogP) is 6.70. The summed E-state index contributed by atoms with van der Waals surface area (Å²) in [5, 5.41) is 3.67. The van der Waals surface area contributed by atoms with E-state index in [-0.39, 0.29) is 18.6 Å². The average molecular weight is 456 g/mol. The predicted molar refractivity (Wildman–Crippen MR) is 131 cm³/mol. The number of carbonyl (C=O) groups is 1. The first-order valence-corrected chi connectivity index (χ1v) is 12.1. The first-order valence-electron chi connectivity index (χ1n) is 11.7. The third kappa shape index (κ3) is 6.99. The number of fused-ring (bicyclic) bond motifs is 1. The van der Waals surface area contributed by atoms with Gasteiger partial charge in [-0.2, -0.15) is 0 Å². The van der Waals surface area contributed by atoms with E-state index in [0.717, 1.165) is 29.8 Å². The number of unbranched alkanes of at least 4 members (excludes halogenated alkanes) is 6. The summed E-state index contributed by atoms with van der Waals surface area (Å²) in [6.45, 7) is 5.08. The number of rotatable bonds is 13. The van der Waals surface area contributed by atoms with Crippen LogP contribution in [0, 0.1) is 0 Å². The number of nitrogens with zero attached hydrogens (tertiary/aromatic N) is 2. The third-order valence-corrected chi connectivity index (χ3v) is 5.87. The van der Waals surface area contributed by atoms with Crippen LogP contribution in [-0.4, -0.2) is 22.1 Å². The van der Waals surface area contributed by atoms with Gasteiger partial charge in [-0.1, -0.05) is 69.2 Å². The highest BCUT2D eigenvalue weighted by atomic mass is 35.5. The van der Waals surface area contributed by atoms with Crippen LogP contribution in [-0.2, 0) is 11.3 Å². The average Bonchev–Trinajstić information content (AvgIpc) is 3.17. The molecular weight excluding hydrogens is 422 g/mol. The number of amides is 1. The number of halogens is 1. The first kappa shape index (κ1) is 24.1. The molecule has 3 aromatic rings. The molecule has 1 N–H and O–H groups in total. The van der Waals surface area contributed by atoms with Crippen LogP contribution in [0.1, 0.15) is 70.7 Å². The molecule has 0 spiro atoms. The van der Waals surface area contributed by atoms with Gasteiger partial charge in [0.1, 0.15) is 11.6 Å². The molecule has 0 aliphatic heterocycles. The number of benzene rings is 2. The molecule has 1 unspecified atom stereocenters. The monoisotopic (exact) mass is 455 g/mol. The molecule has 0 bridgehead atoms. The van der Waals surface area contributed by atoms with E-state index < -0.39 is 0 Å². The topological polar surface area (TPSA) is 56.2 Å². The summed E-state index contributed by atoms with van der Waals surface area (Å²) in [7, 11) is 0. The van der Waals surface area contributed by atoms with Gasteiger partial charge in [0, 0.05) is 11.6 Å². The van der Waals surface area contributed by atoms with Crippen molar-refractivity contribution in [1.29, 1.82) is 0 Å². The van der Waals surface area contributed by atoms with Crippen LogP contribution in [0.15, 0.2) is 48.5 Å². The molecule has 0 saturated carbocycles. The number of aryl methyl sites for hydroxylation is 1. The summed E-state index contributed by atoms with van der Waals surface area (Å²) in [6, 6.07) is 14.9. The largest absolute Gasteiger partial charge is 0.484 e. The zero-order valence-electron chi connectivity index (χ0n) is 19.1. The molecule has 3 rings (SSSR count). The Labute approximate surface area is 196 Å². The Morgan fingerprint density at radius 1 is 1.03 bits per heavy atom. The fourth-order valence-corrected chi connectivity index (χ4v) is 4.04. The van der Waals surface area contributed by atoms with Crippen molar-refractivity contribution >= 4 is 28.5 Å². The molecule has 6 heteroatoms. The van der Waals surface area contributed by atoms with Crippen LogP contribution >= 0.6 is 11.6 Å². The Morgan fingerprint density at radius 2 is 1.72 bits per heavy atom. The van der Waals surface area contributed by atoms with E-state index in [0.29, 0.717) is 10.8 Å². The lowest BCUT2D eigenvalue weighted by molar-refractivity contribution is -0.123. The normalized spacial score (nSPS) is 12.1. The SMILES string of the molecule is CCCCCCCCCn1c(C(C)NC(=O)COc2ccc(Cl)cc2)nc2ccccc21. The Hall–Kier alpha value is -2.53. The molecular formula is C26H34ClN3O2. The van der Waals surface area contributed by atoms with Gasteiger partial charge in [0.25, 0.3) is 5.91 Å². The van der Waals surface area contributed by atoms with E-state index in [1.165, 1.54) is 38.5 Å². The lowest BCUT2D eigenvalue weighted by atomic mass is 10.1. The molecule has 0 saturated heterocycles. The van der Waals surface area contributed by atoms with Crippen LogP contribution in [0.2, 0.25) is 5.02 Å². The van der Waals surface area contributed by atoms with E-state index in [1.54, 1.807) is 24.3 Å². The van der Waals surface area contributed by atoms with Crippen LogP contribution in [0.25, 0.3) is 11.0 Å². The molecule has 5 nitrogen and oxygen atoms in total.